The summed E-state index contributed by atoms with van der Waals surface area (Å²) in [6.07, 6.45) is 0. The number of amides is 1. The number of hydrogen-bond acceptors (Lipinski definition) is 5. The molecule has 1 amide bonds. The molecule has 9 heteroatoms. The van der Waals surface area contributed by atoms with E-state index in [0.29, 0.717) is 22.2 Å². The van der Waals surface area contributed by atoms with Gasteiger partial charge < -0.3 is 4.74 Å². The third-order valence-electron chi connectivity index (χ3n) is 4.34. The molecule has 0 saturated carbocycles. The van der Waals surface area contributed by atoms with Crippen molar-refractivity contribution in [2.45, 2.75) is 11.8 Å². The van der Waals surface area contributed by atoms with Gasteiger partial charge in [-0.05, 0) is 67.1 Å². The number of halogens is 1. The molecular weight excluding hydrogens is 438 g/mol. The van der Waals surface area contributed by atoms with Crippen LogP contribution in [0.5, 0.6) is 5.75 Å². The minimum atomic E-state index is -3.89. The van der Waals surface area contributed by atoms with Crippen LogP contribution in [0.25, 0.3) is 0 Å². The zero-order valence-corrected chi connectivity index (χ0v) is 18.4. The number of carbonyl (C=O) groups excluding carboxylic acids is 1. The first-order chi connectivity index (χ1) is 14.8. The highest BCUT2D eigenvalue weighted by Crippen LogP contribution is 2.20. The second kappa shape index (κ2) is 9.63. The van der Waals surface area contributed by atoms with E-state index in [2.05, 4.69) is 15.2 Å². The molecule has 0 bridgehead atoms. The van der Waals surface area contributed by atoms with Gasteiger partial charge in [0, 0.05) is 16.3 Å². The molecule has 0 heterocycles. The summed E-state index contributed by atoms with van der Waals surface area (Å²) >= 11 is 5.87. The van der Waals surface area contributed by atoms with Gasteiger partial charge in [-0.1, -0.05) is 29.8 Å². The number of ether oxygens (including phenoxy) is 1. The second-order valence-corrected chi connectivity index (χ2v) is 8.63. The fourth-order valence-corrected chi connectivity index (χ4v) is 3.86. The zero-order chi connectivity index (χ0) is 22.4. The van der Waals surface area contributed by atoms with Crippen LogP contribution in [0.3, 0.4) is 0 Å². The minimum Gasteiger partial charge on any atom is -0.497 e. The summed E-state index contributed by atoms with van der Waals surface area (Å²) in [5, 5.41) is 4.67. The van der Waals surface area contributed by atoms with E-state index >= 15 is 0 Å². The third-order valence-corrected chi connectivity index (χ3v) is 5.97. The van der Waals surface area contributed by atoms with Crippen molar-refractivity contribution in [3.05, 3.63) is 88.9 Å². The average molecular weight is 458 g/mol. The normalized spacial score (nSPS) is 11.6. The number of hydrazone groups is 1. The minimum absolute atomic E-state index is 0.0469. The molecule has 0 radical (unpaired) electrons. The number of benzene rings is 3. The summed E-state index contributed by atoms with van der Waals surface area (Å²) in [6.45, 7) is 1.74. The van der Waals surface area contributed by atoms with Crippen LogP contribution in [0.1, 0.15) is 22.8 Å². The molecular formula is C22H20ClN3O4S. The number of anilines is 1. The van der Waals surface area contributed by atoms with E-state index in [1.807, 2.05) is 0 Å². The van der Waals surface area contributed by atoms with Crippen molar-refractivity contribution in [3.63, 3.8) is 0 Å². The molecule has 3 aromatic rings. The van der Waals surface area contributed by atoms with Crippen molar-refractivity contribution in [2.75, 3.05) is 11.8 Å². The van der Waals surface area contributed by atoms with Crippen LogP contribution >= 0.6 is 11.6 Å². The Bertz CT molecular complexity index is 1210. The lowest BCUT2D eigenvalue weighted by atomic mass is 10.1. The number of hydrogen-bond donors (Lipinski definition) is 2. The maximum Gasteiger partial charge on any atom is 0.271 e. The van der Waals surface area contributed by atoms with Crippen LogP contribution in [-0.4, -0.2) is 27.1 Å². The molecule has 3 aromatic carbocycles. The van der Waals surface area contributed by atoms with Gasteiger partial charge in [0.1, 0.15) is 5.75 Å². The number of sulfonamides is 1. The first kappa shape index (κ1) is 22.3. The van der Waals surface area contributed by atoms with E-state index in [1.54, 1.807) is 55.5 Å². The Balaban J connectivity index is 1.74. The van der Waals surface area contributed by atoms with Gasteiger partial charge in [-0.3, -0.25) is 9.52 Å². The quantitative estimate of drug-likeness (QED) is 0.408. The van der Waals surface area contributed by atoms with E-state index in [-0.39, 0.29) is 10.5 Å². The number of rotatable bonds is 7. The monoisotopic (exact) mass is 457 g/mol. The van der Waals surface area contributed by atoms with Gasteiger partial charge in [-0.15, -0.1) is 0 Å². The Hall–Kier alpha value is -3.36. The fourth-order valence-electron chi connectivity index (χ4n) is 2.63. The molecule has 0 aliphatic rings. The summed E-state index contributed by atoms with van der Waals surface area (Å²) in [6, 6.07) is 19.2. The van der Waals surface area contributed by atoms with Crippen molar-refractivity contribution in [1.82, 2.24) is 5.43 Å². The Morgan fingerprint density at radius 3 is 2.29 bits per heavy atom. The van der Waals surface area contributed by atoms with Crippen LogP contribution in [0, 0.1) is 0 Å². The molecule has 0 aliphatic carbocycles. The largest absolute Gasteiger partial charge is 0.497 e. The third kappa shape index (κ3) is 5.84. The highest BCUT2D eigenvalue weighted by molar-refractivity contribution is 7.92. The highest BCUT2D eigenvalue weighted by atomic mass is 35.5. The maximum absolute atomic E-state index is 12.7. The van der Waals surface area contributed by atoms with Crippen molar-refractivity contribution < 1.29 is 17.9 Å². The molecule has 3 rings (SSSR count). The summed E-state index contributed by atoms with van der Waals surface area (Å²) in [7, 11) is -2.36. The number of carbonyl (C=O) groups is 1. The van der Waals surface area contributed by atoms with Crippen LogP contribution in [0.4, 0.5) is 5.69 Å². The van der Waals surface area contributed by atoms with Crippen LogP contribution < -0.4 is 14.9 Å². The smallest absolute Gasteiger partial charge is 0.271 e. The molecule has 0 aliphatic heterocycles. The Kier molecular flexibility index (Phi) is 6.94. The van der Waals surface area contributed by atoms with Crippen LogP contribution in [0.2, 0.25) is 5.02 Å². The van der Waals surface area contributed by atoms with Crippen molar-refractivity contribution in [3.8, 4) is 5.75 Å². The summed E-state index contributed by atoms with van der Waals surface area (Å²) < 4.78 is 32.9. The molecule has 160 valence electrons. The van der Waals surface area contributed by atoms with Crippen molar-refractivity contribution >= 4 is 38.9 Å². The summed E-state index contributed by atoms with van der Waals surface area (Å²) in [4.78, 5) is 12.4. The van der Waals surface area contributed by atoms with Gasteiger partial charge in [0.05, 0.1) is 17.7 Å². The topological polar surface area (TPSA) is 96.9 Å². The van der Waals surface area contributed by atoms with Crippen molar-refractivity contribution in [2.24, 2.45) is 5.10 Å². The molecule has 0 spiro atoms. The van der Waals surface area contributed by atoms with Gasteiger partial charge in [0.15, 0.2) is 0 Å². The Morgan fingerprint density at radius 1 is 0.968 bits per heavy atom. The molecule has 0 atom stereocenters. The average Bonchev–Trinajstić information content (AvgIpc) is 2.78. The van der Waals surface area contributed by atoms with E-state index in [1.165, 1.54) is 31.4 Å². The lowest BCUT2D eigenvalue weighted by Gasteiger charge is -2.10. The lowest BCUT2D eigenvalue weighted by molar-refractivity contribution is 0.0954. The lowest BCUT2D eigenvalue weighted by Crippen LogP contribution is -2.20. The first-order valence-electron chi connectivity index (χ1n) is 9.16. The van der Waals surface area contributed by atoms with Crippen LogP contribution in [0.15, 0.2) is 82.8 Å². The summed E-state index contributed by atoms with van der Waals surface area (Å²) in [5.41, 5.74) is 4.35. The van der Waals surface area contributed by atoms with E-state index in [9.17, 15) is 13.2 Å². The van der Waals surface area contributed by atoms with Gasteiger partial charge in [0.25, 0.3) is 15.9 Å². The Labute approximate surface area is 185 Å². The second-order valence-electron chi connectivity index (χ2n) is 6.51. The first-order valence-corrected chi connectivity index (χ1v) is 11.0. The molecule has 0 fully saturated rings. The molecule has 0 aromatic heterocycles. The molecule has 31 heavy (non-hydrogen) atoms. The Morgan fingerprint density at radius 2 is 1.65 bits per heavy atom. The number of nitrogens with one attached hydrogen (secondary N) is 2. The fraction of sp³-hybridized carbons (Fsp3) is 0.0909. The van der Waals surface area contributed by atoms with Gasteiger partial charge in [-0.2, -0.15) is 5.10 Å². The predicted molar refractivity (Wildman–Crippen MR) is 121 cm³/mol. The molecule has 2 N–H and O–H groups in total. The maximum atomic E-state index is 12.7. The number of nitrogens with zero attached hydrogens (tertiary/aromatic N) is 1. The van der Waals surface area contributed by atoms with Gasteiger partial charge in [0.2, 0.25) is 0 Å². The summed E-state index contributed by atoms with van der Waals surface area (Å²) in [5.74, 6) is 0.0749. The number of methoxy groups -OCH3 is 1. The molecule has 0 saturated heterocycles. The van der Waals surface area contributed by atoms with E-state index < -0.39 is 15.9 Å². The predicted octanol–water partition coefficient (Wildman–Crippen LogP) is 4.30. The van der Waals surface area contributed by atoms with Gasteiger partial charge >= 0.3 is 0 Å². The zero-order valence-electron chi connectivity index (χ0n) is 16.8. The van der Waals surface area contributed by atoms with E-state index in [4.69, 9.17) is 16.3 Å². The molecule has 7 nitrogen and oxygen atoms in total. The van der Waals surface area contributed by atoms with Crippen molar-refractivity contribution in [1.29, 1.82) is 0 Å². The molecule has 0 unspecified atom stereocenters. The van der Waals surface area contributed by atoms with Crippen LogP contribution in [-0.2, 0) is 10.0 Å². The van der Waals surface area contributed by atoms with E-state index in [0.717, 1.165) is 5.56 Å². The highest BCUT2D eigenvalue weighted by Gasteiger charge is 2.16. The SMILES string of the molecule is COc1ccc(NS(=O)(=O)c2cccc(C(=O)N/N=C(\C)c3ccc(Cl)cc3)c2)cc1. The standard InChI is InChI=1S/C22H20ClN3O4S/c1-15(16-6-8-18(23)9-7-16)24-25-22(27)17-4-3-5-21(14-17)31(28,29)26-19-10-12-20(30-2)13-11-19/h3-14,26H,1-2H3,(H,25,27)/b24-15+. The van der Waals surface area contributed by atoms with Gasteiger partial charge in [-0.25, -0.2) is 13.8 Å².